The SMILES string of the molecule is CCOc1ccc(O)c(C=NNC(=O)Cc2cccc3ccccc23)c1. The summed E-state index contributed by atoms with van der Waals surface area (Å²) < 4.78 is 5.39. The van der Waals surface area contributed by atoms with Crippen molar-refractivity contribution in [3.8, 4) is 11.5 Å². The number of ether oxygens (including phenoxy) is 1. The van der Waals surface area contributed by atoms with Gasteiger partial charge in [0.2, 0.25) is 5.91 Å². The number of amides is 1. The zero-order valence-electron chi connectivity index (χ0n) is 14.5. The fraction of sp³-hybridized carbons (Fsp3) is 0.143. The van der Waals surface area contributed by atoms with E-state index in [4.69, 9.17) is 4.74 Å². The molecule has 0 radical (unpaired) electrons. The maximum atomic E-state index is 12.2. The topological polar surface area (TPSA) is 70.9 Å². The van der Waals surface area contributed by atoms with Gasteiger partial charge in [0.1, 0.15) is 11.5 Å². The zero-order chi connectivity index (χ0) is 18.4. The van der Waals surface area contributed by atoms with Crippen LogP contribution in [0, 0.1) is 0 Å². The summed E-state index contributed by atoms with van der Waals surface area (Å²) in [5.41, 5.74) is 3.92. The molecular weight excluding hydrogens is 328 g/mol. The molecule has 0 spiro atoms. The van der Waals surface area contributed by atoms with Crippen LogP contribution in [0.15, 0.2) is 65.8 Å². The van der Waals surface area contributed by atoms with Crippen LogP contribution in [0.25, 0.3) is 10.8 Å². The second kappa shape index (κ2) is 8.16. The number of phenolic OH excluding ortho intramolecular Hbond substituents is 1. The maximum absolute atomic E-state index is 12.2. The third-order valence-corrected chi connectivity index (χ3v) is 3.93. The van der Waals surface area contributed by atoms with Gasteiger partial charge in [-0.05, 0) is 41.5 Å². The number of benzene rings is 3. The number of nitrogens with one attached hydrogen (secondary N) is 1. The molecule has 0 unspecified atom stereocenters. The van der Waals surface area contributed by atoms with E-state index in [1.54, 1.807) is 12.1 Å². The van der Waals surface area contributed by atoms with E-state index in [-0.39, 0.29) is 18.1 Å². The minimum absolute atomic E-state index is 0.0699. The average Bonchev–Trinajstić information content (AvgIpc) is 2.65. The number of rotatable bonds is 6. The van der Waals surface area contributed by atoms with Gasteiger partial charge in [-0.15, -0.1) is 0 Å². The third kappa shape index (κ3) is 4.19. The summed E-state index contributed by atoms with van der Waals surface area (Å²) in [6.45, 7) is 2.41. The van der Waals surface area contributed by atoms with Crippen LogP contribution in [0.5, 0.6) is 11.5 Å². The molecule has 0 fully saturated rings. The van der Waals surface area contributed by atoms with Crippen molar-refractivity contribution in [2.75, 3.05) is 6.61 Å². The number of carbonyl (C=O) groups is 1. The van der Waals surface area contributed by atoms with E-state index in [1.807, 2.05) is 49.4 Å². The molecule has 5 heteroatoms. The molecule has 0 aliphatic rings. The zero-order valence-corrected chi connectivity index (χ0v) is 14.5. The van der Waals surface area contributed by atoms with E-state index in [1.165, 1.54) is 12.3 Å². The Morgan fingerprint density at radius 3 is 2.81 bits per heavy atom. The molecule has 0 atom stereocenters. The van der Waals surface area contributed by atoms with Crippen molar-refractivity contribution in [2.45, 2.75) is 13.3 Å². The van der Waals surface area contributed by atoms with Gasteiger partial charge in [-0.1, -0.05) is 42.5 Å². The fourth-order valence-electron chi connectivity index (χ4n) is 2.73. The molecule has 0 bridgehead atoms. The number of phenols is 1. The van der Waals surface area contributed by atoms with Crippen molar-refractivity contribution in [2.24, 2.45) is 5.10 Å². The monoisotopic (exact) mass is 348 g/mol. The summed E-state index contributed by atoms with van der Waals surface area (Å²) in [5.74, 6) is 0.479. The molecule has 3 aromatic carbocycles. The van der Waals surface area contributed by atoms with Crippen LogP contribution >= 0.6 is 0 Å². The highest BCUT2D eigenvalue weighted by molar-refractivity contribution is 5.91. The highest BCUT2D eigenvalue weighted by Gasteiger charge is 2.06. The van der Waals surface area contributed by atoms with Gasteiger partial charge in [-0.2, -0.15) is 5.10 Å². The van der Waals surface area contributed by atoms with Crippen molar-refractivity contribution in [3.05, 3.63) is 71.8 Å². The fourth-order valence-corrected chi connectivity index (χ4v) is 2.73. The van der Waals surface area contributed by atoms with Crippen LogP contribution in [0.4, 0.5) is 0 Å². The van der Waals surface area contributed by atoms with Crippen molar-refractivity contribution >= 4 is 22.9 Å². The molecule has 2 N–H and O–H groups in total. The first kappa shape index (κ1) is 17.5. The molecule has 3 aromatic rings. The van der Waals surface area contributed by atoms with Gasteiger partial charge < -0.3 is 9.84 Å². The molecule has 0 heterocycles. The van der Waals surface area contributed by atoms with E-state index in [2.05, 4.69) is 10.5 Å². The Morgan fingerprint density at radius 1 is 1.15 bits per heavy atom. The predicted molar refractivity (Wildman–Crippen MR) is 103 cm³/mol. The highest BCUT2D eigenvalue weighted by atomic mass is 16.5. The summed E-state index contributed by atoms with van der Waals surface area (Å²) in [6, 6.07) is 18.7. The largest absolute Gasteiger partial charge is 0.507 e. The minimum Gasteiger partial charge on any atom is -0.507 e. The summed E-state index contributed by atoms with van der Waals surface area (Å²) in [6.07, 6.45) is 1.63. The molecule has 0 saturated carbocycles. The molecule has 3 rings (SSSR count). The van der Waals surface area contributed by atoms with Crippen LogP contribution in [-0.4, -0.2) is 23.8 Å². The summed E-state index contributed by atoms with van der Waals surface area (Å²) in [5, 5.41) is 16.0. The standard InChI is InChI=1S/C21H20N2O3/c1-2-26-18-10-11-20(24)17(12-18)14-22-23-21(25)13-16-8-5-7-15-6-3-4-9-19(15)16/h3-12,14,24H,2,13H2,1H3,(H,23,25). The lowest BCUT2D eigenvalue weighted by molar-refractivity contribution is -0.120. The molecule has 1 amide bonds. The quantitative estimate of drug-likeness (QED) is 0.528. The lowest BCUT2D eigenvalue weighted by Crippen LogP contribution is -2.19. The van der Waals surface area contributed by atoms with Gasteiger partial charge in [-0.3, -0.25) is 4.79 Å². The highest BCUT2D eigenvalue weighted by Crippen LogP contribution is 2.21. The molecular formula is C21H20N2O3. The second-order valence-corrected chi connectivity index (χ2v) is 5.76. The Kier molecular flexibility index (Phi) is 5.49. The first-order valence-corrected chi connectivity index (χ1v) is 8.41. The van der Waals surface area contributed by atoms with Crippen molar-refractivity contribution in [3.63, 3.8) is 0 Å². The van der Waals surface area contributed by atoms with Crippen LogP contribution in [0.2, 0.25) is 0 Å². The summed E-state index contributed by atoms with van der Waals surface area (Å²) in [7, 11) is 0. The Balaban J connectivity index is 1.67. The van der Waals surface area contributed by atoms with E-state index in [9.17, 15) is 9.90 Å². The van der Waals surface area contributed by atoms with Gasteiger partial charge in [0.25, 0.3) is 0 Å². The number of nitrogens with zero attached hydrogens (tertiary/aromatic N) is 1. The normalized spacial score (nSPS) is 11.0. The lowest BCUT2D eigenvalue weighted by Gasteiger charge is -2.06. The molecule has 0 aromatic heterocycles. The maximum Gasteiger partial charge on any atom is 0.244 e. The Hall–Kier alpha value is -3.34. The Bertz CT molecular complexity index is 946. The second-order valence-electron chi connectivity index (χ2n) is 5.76. The van der Waals surface area contributed by atoms with E-state index < -0.39 is 0 Å². The Morgan fingerprint density at radius 2 is 1.96 bits per heavy atom. The van der Waals surface area contributed by atoms with Crippen LogP contribution in [0.1, 0.15) is 18.1 Å². The van der Waals surface area contributed by atoms with Gasteiger partial charge in [0.15, 0.2) is 0 Å². The number of carbonyl (C=O) groups excluding carboxylic acids is 1. The van der Waals surface area contributed by atoms with Crippen LogP contribution in [0.3, 0.4) is 0 Å². The molecule has 0 aliphatic carbocycles. The summed E-state index contributed by atoms with van der Waals surface area (Å²) >= 11 is 0. The van der Waals surface area contributed by atoms with Gasteiger partial charge >= 0.3 is 0 Å². The minimum atomic E-state index is -0.224. The molecule has 0 saturated heterocycles. The molecule has 5 nitrogen and oxygen atoms in total. The van der Waals surface area contributed by atoms with Gasteiger partial charge in [0.05, 0.1) is 19.2 Å². The predicted octanol–water partition coefficient (Wildman–Crippen LogP) is 3.64. The number of hydrazone groups is 1. The molecule has 26 heavy (non-hydrogen) atoms. The number of hydrogen-bond donors (Lipinski definition) is 2. The van der Waals surface area contributed by atoms with Crippen molar-refractivity contribution in [1.29, 1.82) is 0 Å². The summed E-state index contributed by atoms with van der Waals surface area (Å²) in [4.78, 5) is 12.2. The number of hydrogen-bond acceptors (Lipinski definition) is 4. The smallest absolute Gasteiger partial charge is 0.244 e. The van der Waals surface area contributed by atoms with Gasteiger partial charge in [-0.25, -0.2) is 5.43 Å². The third-order valence-electron chi connectivity index (χ3n) is 3.93. The molecule has 132 valence electrons. The van der Waals surface area contributed by atoms with E-state index >= 15 is 0 Å². The lowest BCUT2D eigenvalue weighted by atomic mass is 10.0. The van der Waals surface area contributed by atoms with Crippen molar-refractivity contribution < 1.29 is 14.6 Å². The van der Waals surface area contributed by atoms with Crippen LogP contribution < -0.4 is 10.2 Å². The number of aromatic hydroxyl groups is 1. The van der Waals surface area contributed by atoms with Crippen molar-refractivity contribution in [1.82, 2.24) is 5.43 Å². The average molecular weight is 348 g/mol. The van der Waals surface area contributed by atoms with E-state index in [0.717, 1.165) is 16.3 Å². The van der Waals surface area contributed by atoms with E-state index in [0.29, 0.717) is 17.9 Å². The van der Waals surface area contributed by atoms with Gasteiger partial charge in [0, 0.05) is 5.56 Å². The van der Waals surface area contributed by atoms with Crippen LogP contribution in [-0.2, 0) is 11.2 Å². The number of fused-ring (bicyclic) bond motifs is 1. The first-order chi connectivity index (χ1) is 12.7. The Labute approximate surface area is 151 Å². The molecule has 0 aliphatic heterocycles. The first-order valence-electron chi connectivity index (χ1n) is 8.41.